The number of carboxylic acids is 1. The van der Waals surface area contributed by atoms with Crippen molar-refractivity contribution in [2.45, 2.75) is 6.92 Å². The highest BCUT2D eigenvalue weighted by atomic mass is 35.5. The Balaban J connectivity index is 2.24. The van der Waals surface area contributed by atoms with Crippen LogP contribution in [-0.4, -0.2) is 23.9 Å². The van der Waals surface area contributed by atoms with Gasteiger partial charge in [-0.1, -0.05) is 11.6 Å². The van der Waals surface area contributed by atoms with E-state index in [1.165, 1.54) is 37.4 Å². The van der Waals surface area contributed by atoms with Gasteiger partial charge in [-0.25, -0.2) is 9.18 Å². The van der Waals surface area contributed by atoms with E-state index in [0.717, 1.165) is 0 Å². The lowest BCUT2D eigenvalue weighted by Gasteiger charge is -2.08. The number of carbonyl (C=O) groups is 1. The number of carboxylic acid groups (broad SMARTS) is 1. The Morgan fingerprint density at radius 3 is 2.57 bits per heavy atom. The lowest BCUT2D eigenvalue weighted by atomic mass is 10.1. The zero-order valence-electron chi connectivity index (χ0n) is 12.4. The van der Waals surface area contributed by atoms with Gasteiger partial charge in [0.05, 0.1) is 29.1 Å². The van der Waals surface area contributed by atoms with Crippen LogP contribution in [0.2, 0.25) is 5.02 Å². The minimum atomic E-state index is -1.07. The molecule has 0 aliphatic heterocycles. The van der Waals surface area contributed by atoms with Gasteiger partial charge in [0.1, 0.15) is 0 Å². The van der Waals surface area contributed by atoms with Crippen molar-refractivity contribution in [3.63, 3.8) is 0 Å². The van der Waals surface area contributed by atoms with Crippen LogP contribution in [0.15, 0.2) is 41.5 Å². The predicted molar refractivity (Wildman–Crippen MR) is 87.2 cm³/mol. The monoisotopic (exact) mass is 336 g/mol. The largest absolute Gasteiger partial charge is 0.494 e. The molecular weight excluding hydrogens is 323 g/mol. The Morgan fingerprint density at radius 1 is 1.26 bits per heavy atom. The first-order chi connectivity index (χ1) is 10.9. The Kier molecular flexibility index (Phi) is 5.18. The summed E-state index contributed by atoms with van der Waals surface area (Å²) in [5.41, 5.74) is 4.18. The lowest BCUT2D eigenvalue weighted by Crippen LogP contribution is -2.03. The van der Waals surface area contributed by atoms with Crippen molar-refractivity contribution >= 4 is 29.0 Å². The van der Waals surface area contributed by atoms with Crippen LogP contribution >= 0.6 is 11.6 Å². The van der Waals surface area contributed by atoms with Gasteiger partial charge in [0.15, 0.2) is 11.6 Å². The zero-order valence-corrected chi connectivity index (χ0v) is 13.2. The molecule has 0 heterocycles. The molecule has 2 rings (SSSR count). The van der Waals surface area contributed by atoms with E-state index in [9.17, 15) is 9.18 Å². The van der Waals surface area contributed by atoms with Crippen LogP contribution in [0.4, 0.5) is 10.1 Å². The minimum absolute atomic E-state index is 0.0836. The number of hydrogen-bond acceptors (Lipinski definition) is 4. The van der Waals surface area contributed by atoms with Crippen LogP contribution in [0.3, 0.4) is 0 Å². The molecule has 0 fully saturated rings. The number of ether oxygens (including phenoxy) is 1. The van der Waals surface area contributed by atoms with Gasteiger partial charge in [0.2, 0.25) is 0 Å². The summed E-state index contributed by atoms with van der Waals surface area (Å²) in [6.45, 7) is 1.68. The Bertz CT molecular complexity index is 778. The Labute approximate surface area is 137 Å². The van der Waals surface area contributed by atoms with Gasteiger partial charge in [-0.15, -0.1) is 0 Å². The SMILES string of the molecule is COc1ccc(/C(C)=N\Nc2cc(C(=O)O)ccc2Cl)cc1F. The molecule has 0 saturated heterocycles. The van der Waals surface area contributed by atoms with E-state index in [1.54, 1.807) is 13.0 Å². The average Bonchev–Trinajstić information content (AvgIpc) is 2.53. The number of nitrogens with one attached hydrogen (secondary N) is 1. The van der Waals surface area contributed by atoms with E-state index in [2.05, 4.69) is 10.5 Å². The van der Waals surface area contributed by atoms with E-state index < -0.39 is 11.8 Å². The molecule has 0 bridgehead atoms. The van der Waals surface area contributed by atoms with Crippen molar-refractivity contribution in [1.82, 2.24) is 0 Å². The minimum Gasteiger partial charge on any atom is -0.494 e. The van der Waals surface area contributed by atoms with Crippen LogP contribution in [0, 0.1) is 5.82 Å². The number of hydrogen-bond donors (Lipinski definition) is 2. The van der Waals surface area contributed by atoms with Gasteiger partial charge < -0.3 is 9.84 Å². The fraction of sp³-hybridized carbons (Fsp3) is 0.125. The molecule has 0 atom stereocenters. The maximum absolute atomic E-state index is 13.7. The van der Waals surface area contributed by atoms with Crippen molar-refractivity contribution in [1.29, 1.82) is 0 Å². The molecule has 0 aliphatic rings. The number of benzene rings is 2. The second-order valence-corrected chi connectivity index (χ2v) is 5.07. The van der Waals surface area contributed by atoms with Gasteiger partial charge in [-0.2, -0.15) is 5.10 Å². The van der Waals surface area contributed by atoms with Crippen LogP contribution < -0.4 is 10.2 Å². The van der Waals surface area contributed by atoms with Crippen molar-refractivity contribution in [3.8, 4) is 5.75 Å². The molecular formula is C16H14ClFN2O3. The van der Waals surface area contributed by atoms with Gasteiger partial charge in [0, 0.05) is 5.56 Å². The number of nitrogens with zero attached hydrogens (tertiary/aromatic N) is 1. The van der Waals surface area contributed by atoms with E-state index in [0.29, 0.717) is 22.0 Å². The number of anilines is 1. The lowest BCUT2D eigenvalue weighted by molar-refractivity contribution is 0.0697. The maximum atomic E-state index is 13.7. The van der Waals surface area contributed by atoms with Crippen molar-refractivity contribution in [2.24, 2.45) is 5.10 Å². The molecule has 0 unspecified atom stereocenters. The predicted octanol–water partition coefficient (Wildman–Crippen LogP) is 4.02. The summed E-state index contributed by atoms with van der Waals surface area (Å²) in [7, 11) is 1.39. The summed E-state index contributed by atoms with van der Waals surface area (Å²) in [5, 5.41) is 13.4. The number of aromatic carboxylic acids is 1. The number of hydrazone groups is 1. The van der Waals surface area contributed by atoms with Crippen LogP contribution in [-0.2, 0) is 0 Å². The number of methoxy groups -OCH3 is 1. The second-order valence-electron chi connectivity index (χ2n) is 4.66. The molecule has 0 radical (unpaired) electrons. The topological polar surface area (TPSA) is 70.9 Å². The fourth-order valence-corrected chi connectivity index (χ4v) is 2.00. The maximum Gasteiger partial charge on any atom is 0.335 e. The summed E-state index contributed by atoms with van der Waals surface area (Å²) in [4.78, 5) is 11.0. The highest BCUT2D eigenvalue weighted by Gasteiger charge is 2.08. The number of rotatable bonds is 5. The average molecular weight is 337 g/mol. The van der Waals surface area contributed by atoms with E-state index >= 15 is 0 Å². The summed E-state index contributed by atoms with van der Waals surface area (Å²) >= 11 is 5.99. The molecule has 23 heavy (non-hydrogen) atoms. The van der Waals surface area contributed by atoms with Crippen LogP contribution in [0.5, 0.6) is 5.75 Å². The molecule has 0 aromatic heterocycles. The van der Waals surface area contributed by atoms with Gasteiger partial charge >= 0.3 is 5.97 Å². The van der Waals surface area contributed by atoms with E-state index in [4.69, 9.17) is 21.4 Å². The normalized spacial score (nSPS) is 11.2. The van der Waals surface area contributed by atoms with E-state index in [-0.39, 0.29) is 11.3 Å². The molecule has 0 aliphatic carbocycles. The van der Waals surface area contributed by atoms with Gasteiger partial charge in [-0.05, 0) is 43.3 Å². The van der Waals surface area contributed by atoms with Crippen molar-refractivity contribution < 1.29 is 19.0 Å². The highest BCUT2D eigenvalue weighted by Crippen LogP contribution is 2.23. The summed E-state index contributed by atoms with van der Waals surface area (Å²) in [6.07, 6.45) is 0. The van der Waals surface area contributed by atoms with Crippen LogP contribution in [0.1, 0.15) is 22.8 Å². The molecule has 120 valence electrons. The molecule has 2 N–H and O–H groups in total. The second kappa shape index (κ2) is 7.11. The van der Waals surface area contributed by atoms with Crippen LogP contribution in [0.25, 0.3) is 0 Å². The number of halogens is 2. The third kappa shape index (κ3) is 3.98. The molecule has 2 aromatic carbocycles. The van der Waals surface area contributed by atoms with Crippen molar-refractivity contribution in [3.05, 3.63) is 58.4 Å². The first-order valence-corrected chi connectivity index (χ1v) is 6.97. The molecule has 2 aromatic rings. The van der Waals surface area contributed by atoms with Crippen molar-refractivity contribution in [2.75, 3.05) is 12.5 Å². The first-order valence-electron chi connectivity index (χ1n) is 6.59. The van der Waals surface area contributed by atoms with Gasteiger partial charge in [0.25, 0.3) is 0 Å². The smallest absolute Gasteiger partial charge is 0.335 e. The molecule has 7 heteroatoms. The first kappa shape index (κ1) is 16.8. The standard InChI is InChI=1S/C16H14ClFN2O3/c1-9(10-4-6-15(23-2)13(18)7-10)19-20-14-8-11(16(21)22)3-5-12(14)17/h3-8,20H,1-2H3,(H,21,22)/b19-9-. The Hall–Kier alpha value is -2.60. The highest BCUT2D eigenvalue weighted by molar-refractivity contribution is 6.33. The molecule has 5 nitrogen and oxygen atoms in total. The molecule has 0 amide bonds. The summed E-state index contributed by atoms with van der Waals surface area (Å²) < 4.78 is 18.5. The zero-order chi connectivity index (χ0) is 17.0. The third-order valence-electron chi connectivity index (χ3n) is 3.13. The fourth-order valence-electron chi connectivity index (χ4n) is 1.84. The molecule has 0 saturated carbocycles. The van der Waals surface area contributed by atoms with E-state index in [1.807, 2.05) is 0 Å². The molecule has 0 spiro atoms. The van der Waals surface area contributed by atoms with Gasteiger partial charge in [-0.3, -0.25) is 5.43 Å². The Morgan fingerprint density at radius 2 is 1.96 bits per heavy atom. The summed E-state index contributed by atoms with van der Waals surface area (Å²) in [5.74, 6) is -1.42. The third-order valence-corrected chi connectivity index (χ3v) is 3.46. The quantitative estimate of drug-likeness (QED) is 0.639. The summed E-state index contributed by atoms with van der Waals surface area (Å²) in [6, 6.07) is 8.70.